The molecule has 0 aromatic carbocycles. The summed E-state index contributed by atoms with van der Waals surface area (Å²) in [6.07, 6.45) is 2.33. The Balaban J connectivity index is 2.35. The maximum atomic E-state index is 11.1. The van der Waals surface area contributed by atoms with Gasteiger partial charge in [0.05, 0.1) is 0 Å². The molecule has 1 heterocycles. The van der Waals surface area contributed by atoms with Gasteiger partial charge in [-0.2, -0.15) is 0 Å². The van der Waals surface area contributed by atoms with Crippen LogP contribution < -0.4 is 0 Å². The molecule has 0 bridgehead atoms. The van der Waals surface area contributed by atoms with Crippen LogP contribution in [0.2, 0.25) is 0 Å². The standard InChI is InChI=1S/C10H20N2O/c1-3-5-11-6-4-7-12(9-8-11)10(2)13/h3-9H2,1-2H3. The van der Waals surface area contributed by atoms with E-state index in [2.05, 4.69) is 11.8 Å². The molecule has 1 aliphatic rings. The van der Waals surface area contributed by atoms with E-state index in [4.69, 9.17) is 0 Å². The highest BCUT2D eigenvalue weighted by atomic mass is 16.2. The molecule has 0 radical (unpaired) electrons. The largest absolute Gasteiger partial charge is 0.342 e. The predicted molar refractivity (Wildman–Crippen MR) is 53.6 cm³/mol. The summed E-state index contributed by atoms with van der Waals surface area (Å²) in [6.45, 7) is 9.09. The van der Waals surface area contributed by atoms with Crippen molar-refractivity contribution >= 4 is 5.91 Å². The van der Waals surface area contributed by atoms with Gasteiger partial charge in [-0.1, -0.05) is 6.92 Å². The minimum atomic E-state index is 0.221. The van der Waals surface area contributed by atoms with Gasteiger partial charge in [-0.3, -0.25) is 4.79 Å². The Morgan fingerprint density at radius 2 is 2.00 bits per heavy atom. The molecule has 0 spiro atoms. The van der Waals surface area contributed by atoms with Gasteiger partial charge < -0.3 is 9.80 Å². The zero-order valence-corrected chi connectivity index (χ0v) is 8.75. The van der Waals surface area contributed by atoms with Crippen LogP contribution in [0, 0.1) is 0 Å². The van der Waals surface area contributed by atoms with E-state index in [1.54, 1.807) is 6.92 Å². The first kappa shape index (κ1) is 10.5. The van der Waals surface area contributed by atoms with Crippen LogP contribution in [0.5, 0.6) is 0 Å². The first-order chi connectivity index (χ1) is 6.24. The maximum absolute atomic E-state index is 11.1. The Morgan fingerprint density at radius 3 is 2.62 bits per heavy atom. The molecule has 76 valence electrons. The first-order valence-corrected chi connectivity index (χ1v) is 5.22. The Kier molecular flexibility index (Phi) is 4.22. The average Bonchev–Trinajstić information content (AvgIpc) is 2.30. The summed E-state index contributed by atoms with van der Waals surface area (Å²) in [5.74, 6) is 0.221. The first-order valence-electron chi connectivity index (χ1n) is 5.22. The Bertz CT molecular complexity index is 170. The van der Waals surface area contributed by atoms with E-state index >= 15 is 0 Å². The summed E-state index contributed by atoms with van der Waals surface area (Å²) in [5, 5.41) is 0. The van der Waals surface area contributed by atoms with Crippen LogP contribution >= 0.6 is 0 Å². The van der Waals surface area contributed by atoms with E-state index in [1.165, 1.54) is 13.0 Å². The molecule has 3 heteroatoms. The molecule has 0 aliphatic carbocycles. The molecule has 1 fully saturated rings. The van der Waals surface area contributed by atoms with Crippen molar-refractivity contribution < 1.29 is 4.79 Å². The molecule has 1 amide bonds. The number of carbonyl (C=O) groups is 1. The summed E-state index contributed by atoms with van der Waals surface area (Å²) in [6, 6.07) is 0. The van der Waals surface area contributed by atoms with Gasteiger partial charge in [0.1, 0.15) is 0 Å². The molecular formula is C10H20N2O. The fraction of sp³-hybridized carbons (Fsp3) is 0.900. The fourth-order valence-corrected chi connectivity index (χ4v) is 1.83. The van der Waals surface area contributed by atoms with Crippen molar-refractivity contribution in [2.75, 3.05) is 32.7 Å². The van der Waals surface area contributed by atoms with Crippen LogP contribution in [0.25, 0.3) is 0 Å². The van der Waals surface area contributed by atoms with E-state index in [0.29, 0.717) is 0 Å². The summed E-state index contributed by atoms with van der Waals surface area (Å²) >= 11 is 0. The summed E-state index contributed by atoms with van der Waals surface area (Å²) in [5.41, 5.74) is 0. The molecule has 0 saturated carbocycles. The van der Waals surface area contributed by atoms with Gasteiger partial charge in [0.2, 0.25) is 5.91 Å². The topological polar surface area (TPSA) is 23.6 Å². The third-order valence-corrected chi connectivity index (χ3v) is 2.57. The lowest BCUT2D eigenvalue weighted by molar-refractivity contribution is -0.128. The highest BCUT2D eigenvalue weighted by Gasteiger charge is 2.15. The van der Waals surface area contributed by atoms with Gasteiger partial charge in [-0.15, -0.1) is 0 Å². The minimum Gasteiger partial charge on any atom is -0.342 e. The zero-order chi connectivity index (χ0) is 9.68. The van der Waals surface area contributed by atoms with E-state index in [9.17, 15) is 4.79 Å². The normalized spacial score (nSPS) is 20.0. The van der Waals surface area contributed by atoms with Gasteiger partial charge in [0, 0.05) is 26.6 Å². The summed E-state index contributed by atoms with van der Waals surface area (Å²) in [7, 11) is 0. The van der Waals surface area contributed by atoms with Crippen molar-refractivity contribution in [3.05, 3.63) is 0 Å². The molecule has 3 nitrogen and oxygen atoms in total. The monoisotopic (exact) mass is 184 g/mol. The molecule has 13 heavy (non-hydrogen) atoms. The lowest BCUT2D eigenvalue weighted by Crippen LogP contribution is -2.33. The smallest absolute Gasteiger partial charge is 0.219 e. The van der Waals surface area contributed by atoms with E-state index in [0.717, 1.165) is 32.6 Å². The van der Waals surface area contributed by atoms with Crippen molar-refractivity contribution in [2.45, 2.75) is 26.7 Å². The second-order valence-electron chi connectivity index (χ2n) is 3.70. The van der Waals surface area contributed by atoms with Crippen molar-refractivity contribution in [2.24, 2.45) is 0 Å². The maximum Gasteiger partial charge on any atom is 0.219 e. The SMILES string of the molecule is CCCN1CCCN(C(C)=O)CC1. The molecule has 0 atom stereocenters. The molecular weight excluding hydrogens is 164 g/mol. The van der Waals surface area contributed by atoms with E-state index in [-0.39, 0.29) is 5.91 Å². The number of nitrogens with zero attached hydrogens (tertiary/aromatic N) is 2. The summed E-state index contributed by atoms with van der Waals surface area (Å²) < 4.78 is 0. The van der Waals surface area contributed by atoms with Crippen LogP contribution in [0.1, 0.15) is 26.7 Å². The van der Waals surface area contributed by atoms with Crippen molar-refractivity contribution in [1.29, 1.82) is 0 Å². The van der Waals surface area contributed by atoms with Gasteiger partial charge in [-0.25, -0.2) is 0 Å². The van der Waals surface area contributed by atoms with Crippen molar-refractivity contribution in [3.63, 3.8) is 0 Å². The van der Waals surface area contributed by atoms with Crippen LogP contribution in [-0.2, 0) is 4.79 Å². The third kappa shape index (κ3) is 3.35. The Hall–Kier alpha value is -0.570. The highest BCUT2D eigenvalue weighted by Crippen LogP contribution is 2.03. The van der Waals surface area contributed by atoms with Crippen molar-refractivity contribution in [3.8, 4) is 0 Å². The van der Waals surface area contributed by atoms with E-state index < -0.39 is 0 Å². The van der Waals surface area contributed by atoms with Gasteiger partial charge in [-0.05, 0) is 25.9 Å². The number of hydrogen-bond donors (Lipinski definition) is 0. The molecule has 1 rings (SSSR count). The van der Waals surface area contributed by atoms with Gasteiger partial charge in [0.15, 0.2) is 0 Å². The lowest BCUT2D eigenvalue weighted by Gasteiger charge is -2.20. The second-order valence-corrected chi connectivity index (χ2v) is 3.70. The number of rotatable bonds is 2. The van der Waals surface area contributed by atoms with Gasteiger partial charge >= 0.3 is 0 Å². The van der Waals surface area contributed by atoms with Crippen LogP contribution in [-0.4, -0.2) is 48.4 Å². The molecule has 0 N–H and O–H groups in total. The molecule has 0 aromatic rings. The quantitative estimate of drug-likeness (QED) is 0.638. The highest BCUT2D eigenvalue weighted by molar-refractivity contribution is 5.73. The molecule has 0 unspecified atom stereocenters. The number of amides is 1. The van der Waals surface area contributed by atoms with Crippen LogP contribution in [0.15, 0.2) is 0 Å². The number of hydrogen-bond acceptors (Lipinski definition) is 2. The number of carbonyl (C=O) groups excluding carboxylic acids is 1. The Labute approximate surface area is 80.7 Å². The molecule has 1 aliphatic heterocycles. The van der Waals surface area contributed by atoms with E-state index in [1.807, 2.05) is 4.90 Å². The summed E-state index contributed by atoms with van der Waals surface area (Å²) in [4.78, 5) is 15.5. The third-order valence-electron chi connectivity index (χ3n) is 2.57. The average molecular weight is 184 g/mol. The minimum absolute atomic E-state index is 0.221. The Morgan fingerprint density at radius 1 is 1.23 bits per heavy atom. The van der Waals surface area contributed by atoms with Crippen LogP contribution in [0.3, 0.4) is 0 Å². The lowest BCUT2D eigenvalue weighted by atomic mass is 10.3. The molecule has 1 saturated heterocycles. The predicted octanol–water partition coefficient (Wildman–Crippen LogP) is 0.951. The zero-order valence-electron chi connectivity index (χ0n) is 8.75. The second kappa shape index (κ2) is 5.22. The molecule has 0 aromatic heterocycles. The fourth-order valence-electron chi connectivity index (χ4n) is 1.83. The van der Waals surface area contributed by atoms with Gasteiger partial charge in [0.25, 0.3) is 0 Å². The van der Waals surface area contributed by atoms with Crippen molar-refractivity contribution in [1.82, 2.24) is 9.80 Å². The van der Waals surface area contributed by atoms with Crippen LogP contribution in [0.4, 0.5) is 0 Å².